The molecule has 5 nitrogen and oxygen atoms in total. The number of ether oxygens (including phenoxy) is 1. The second-order valence-electron chi connectivity index (χ2n) is 9.54. The molecule has 3 aromatic rings. The zero-order chi connectivity index (χ0) is 20.0. The van der Waals surface area contributed by atoms with Crippen LogP contribution >= 0.6 is 0 Å². The average molecular weight is 393 g/mol. The van der Waals surface area contributed by atoms with E-state index in [1.807, 2.05) is 10.9 Å². The maximum atomic E-state index is 5.87. The van der Waals surface area contributed by atoms with Gasteiger partial charge in [-0.05, 0) is 76.1 Å². The van der Waals surface area contributed by atoms with Gasteiger partial charge in [0.2, 0.25) is 0 Å². The van der Waals surface area contributed by atoms with Crippen LogP contribution in [0.4, 0.5) is 0 Å². The molecular formula is C24H32N4O. The van der Waals surface area contributed by atoms with Crippen LogP contribution in [0, 0.1) is 12.8 Å². The van der Waals surface area contributed by atoms with Crippen molar-refractivity contribution >= 4 is 10.9 Å². The zero-order valence-electron chi connectivity index (χ0n) is 17.8. The van der Waals surface area contributed by atoms with Crippen molar-refractivity contribution in [1.82, 2.24) is 19.7 Å². The molecule has 2 aliphatic heterocycles. The van der Waals surface area contributed by atoms with Gasteiger partial charge in [0, 0.05) is 53.6 Å². The molecule has 29 heavy (non-hydrogen) atoms. The van der Waals surface area contributed by atoms with Crippen molar-refractivity contribution < 1.29 is 4.74 Å². The van der Waals surface area contributed by atoms with Crippen molar-refractivity contribution in [2.45, 2.75) is 64.8 Å². The van der Waals surface area contributed by atoms with Crippen LogP contribution < -0.4 is 5.32 Å². The van der Waals surface area contributed by atoms with Gasteiger partial charge in [0.15, 0.2) is 0 Å². The fourth-order valence-corrected chi connectivity index (χ4v) is 5.08. The molecule has 0 aliphatic carbocycles. The Labute approximate surface area is 173 Å². The highest BCUT2D eigenvalue weighted by Crippen LogP contribution is 2.31. The molecule has 4 heterocycles. The highest BCUT2D eigenvalue weighted by Gasteiger charge is 2.30. The molecule has 5 rings (SSSR count). The number of benzene rings is 1. The third kappa shape index (κ3) is 3.74. The summed E-state index contributed by atoms with van der Waals surface area (Å²) in [5.74, 6) is 0.688. The Morgan fingerprint density at radius 1 is 1.21 bits per heavy atom. The standard InChI is InChI=1S/C24H32N4O/c1-17-10-20-11-19(21-14-26-28(16-21)23-6-4-5-9-29-23)7-8-22(20)27(17)15-18-12-24(2,3)25-13-18/h7-8,10-11,14,16,18,23,25H,4-6,9,12-13,15H2,1-3H3. The first-order valence-corrected chi connectivity index (χ1v) is 11.0. The highest BCUT2D eigenvalue weighted by atomic mass is 16.5. The molecule has 1 aromatic carbocycles. The van der Waals surface area contributed by atoms with E-state index in [9.17, 15) is 0 Å². The minimum Gasteiger partial charge on any atom is -0.357 e. The Morgan fingerprint density at radius 2 is 2.10 bits per heavy atom. The second-order valence-corrected chi connectivity index (χ2v) is 9.54. The summed E-state index contributed by atoms with van der Waals surface area (Å²) in [6, 6.07) is 9.14. The van der Waals surface area contributed by atoms with E-state index in [0.29, 0.717) is 5.92 Å². The molecule has 2 saturated heterocycles. The number of rotatable bonds is 4. The lowest BCUT2D eigenvalue weighted by Gasteiger charge is -2.22. The van der Waals surface area contributed by atoms with Crippen LogP contribution in [0.5, 0.6) is 0 Å². The molecule has 0 amide bonds. The van der Waals surface area contributed by atoms with E-state index in [4.69, 9.17) is 4.74 Å². The van der Waals surface area contributed by atoms with Crippen LogP contribution in [0.1, 0.15) is 51.5 Å². The SMILES string of the molecule is Cc1cc2cc(-c3cnn(C4CCCCO4)c3)ccc2n1CC1CNC(C)(C)C1. The van der Waals surface area contributed by atoms with Crippen LogP contribution in [-0.4, -0.2) is 33.0 Å². The van der Waals surface area contributed by atoms with Gasteiger partial charge in [-0.15, -0.1) is 0 Å². The second kappa shape index (κ2) is 7.29. The number of fused-ring (bicyclic) bond motifs is 1. The molecule has 154 valence electrons. The minimum atomic E-state index is 0.0915. The van der Waals surface area contributed by atoms with E-state index in [2.05, 4.69) is 66.2 Å². The van der Waals surface area contributed by atoms with Gasteiger partial charge < -0.3 is 14.6 Å². The van der Waals surface area contributed by atoms with Gasteiger partial charge in [-0.3, -0.25) is 0 Å². The Hall–Kier alpha value is -2.11. The summed E-state index contributed by atoms with van der Waals surface area (Å²) in [6.07, 6.45) is 8.84. The zero-order valence-corrected chi connectivity index (χ0v) is 17.8. The first-order chi connectivity index (χ1) is 14.0. The molecule has 2 aromatic heterocycles. The van der Waals surface area contributed by atoms with Crippen LogP contribution in [-0.2, 0) is 11.3 Å². The van der Waals surface area contributed by atoms with Crippen molar-refractivity contribution in [3.8, 4) is 11.1 Å². The van der Waals surface area contributed by atoms with E-state index in [-0.39, 0.29) is 11.8 Å². The minimum absolute atomic E-state index is 0.0915. The summed E-state index contributed by atoms with van der Waals surface area (Å²) in [4.78, 5) is 0. The predicted molar refractivity (Wildman–Crippen MR) is 117 cm³/mol. The van der Waals surface area contributed by atoms with Crippen molar-refractivity contribution in [1.29, 1.82) is 0 Å². The van der Waals surface area contributed by atoms with Gasteiger partial charge in [-0.1, -0.05) is 6.07 Å². The van der Waals surface area contributed by atoms with Crippen molar-refractivity contribution in [2.24, 2.45) is 5.92 Å². The van der Waals surface area contributed by atoms with Gasteiger partial charge >= 0.3 is 0 Å². The molecule has 0 spiro atoms. The van der Waals surface area contributed by atoms with Gasteiger partial charge in [0.05, 0.1) is 6.20 Å². The molecule has 0 radical (unpaired) electrons. The third-order valence-electron chi connectivity index (χ3n) is 6.60. The van der Waals surface area contributed by atoms with E-state index in [1.165, 1.54) is 35.0 Å². The molecule has 1 N–H and O–H groups in total. The van der Waals surface area contributed by atoms with Gasteiger partial charge in [-0.25, -0.2) is 4.68 Å². The molecule has 2 fully saturated rings. The fraction of sp³-hybridized carbons (Fsp3) is 0.542. The summed E-state index contributed by atoms with van der Waals surface area (Å²) in [6.45, 7) is 9.86. The van der Waals surface area contributed by atoms with Gasteiger partial charge in [0.1, 0.15) is 6.23 Å². The highest BCUT2D eigenvalue weighted by molar-refractivity contribution is 5.86. The van der Waals surface area contributed by atoms with Crippen molar-refractivity contribution in [3.63, 3.8) is 0 Å². The molecule has 0 saturated carbocycles. The number of aryl methyl sites for hydroxylation is 1. The lowest BCUT2D eigenvalue weighted by atomic mass is 9.97. The number of nitrogens with zero attached hydrogens (tertiary/aromatic N) is 3. The largest absolute Gasteiger partial charge is 0.357 e. The number of hydrogen-bond acceptors (Lipinski definition) is 3. The van der Waals surface area contributed by atoms with Crippen LogP contribution in [0.2, 0.25) is 0 Å². The monoisotopic (exact) mass is 392 g/mol. The smallest absolute Gasteiger partial charge is 0.150 e. The quantitative estimate of drug-likeness (QED) is 0.687. The molecule has 5 heteroatoms. The number of nitrogens with one attached hydrogen (secondary N) is 1. The number of aromatic nitrogens is 3. The van der Waals surface area contributed by atoms with Gasteiger partial charge in [-0.2, -0.15) is 5.10 Å². The van der Waals surface area contributed by atoms with Crippen molar-refractivity contribution in [2.75, 3.05) is 13.2 Å². The summed E-state index contributed by atoms with van der Waals surface area (Å²) in [5.41, 5.74) is 5.32. The normalized spacial score (nSPS) is 24.4. The lowest BCUT2D eigenvalue weighted by molar-refractivity contribution is -0.0394. The molecule has 0 bridgehead atoms. The summed E-state index contributed by atoms with van der Waals surface area (Å²) < 4.78 is 10.4. The summed E-state index contributed by atoms with van der Waals surface area (Å²) in [5, 5.41) is 9.55. The summed E-state index contributed by atoms with van der Waals surface area (Å²) in [7, 11) is 0. The topological polar surface area (TPSA) is 44.0 Å². The maximum absolute atomic E-state index is 5.87. The third-order valence-corrected chi connectivity index (χ3v) is 6.60. The summed E-state index contributed by atoms with van der Waals surface area (Å²) >= 11 is 0. The van der Waals surface area contributed by atoms with E-state index in [1.54, 1.807) is 0 Å². The Bertz CT molecular complexity index is 1010. The Balaban J connectivity index is 1.39. The van der Waals surface area contributed by atoms with Gasteiger partial charge in [0.25, 0.3) is 0 Å². The van der Waals surface area contributed by atoms with Crippen LogP contribution in [0.15, 0.2) is 36.7 Å². The van der Waals surface area contributed by atoms with Crippen molar-refractivity contribution in [3.05, 3.63) is 42.4 Å². The van der Waals surface area contributed by atoms with E-state index in [0.717, 1.165) is 38.1 Å². The molecular weight excluding hydrogens is 360 g/mol. The Kier molecular flexibility index (Phi) is 4.75. The molecule has 2 aliphatic rings. The number of hydrogen-bond donors (Lipinski definition) is 1. The van der Waals surface area contributed by atoms with Crippen LogP contribution in [0.3, 0.4) is 0 Å². The average Bonchev–Trinajstić information content (AvgIpc) is 3.40. The lowest BCUT2D eigenvalue weighted by Crippen LogP contribution is -2.31. The van der Waals surface area contributed by atoms with E-state index < -0.39 is 0 Å². The predicted octanol–water partition coefficient (Wildman–Crippen LogP) is 4.90. The Morgan fingerprint density at radius 3 is 2.86 bits per heavy atom. The fourth-order valence-electron chi connectivity index (χ4n) is 5.08. The van der Waals surface area contributed by atoms with E-state index >= 15 is 0 Å². The first-order valence-electron chi connectivity index (χ1n) is 11.0. The molecule has 2 atom stereocenters. The van der Waals surface area contributed by atoms with Crippen LogP contribution in [0.25, 0.3) is 22.0 Å². The molecule has 2 unspecified atom stereocenters. The first kappa shape index (κ1) is 18.9. The maximum Gasteiger partial charge on any atom is 0.150 e.